The van der Waals surface area contributed by atoms with Crippen molar-refractivity contribution in [2.75, 3.05) is 13.1 Å². The highest BCUT2D eigenvalue weighted by Crippen LogP contribution is 2.37. The van der Waals surface area contributed by atoms with E-state index >= 15 is 0 Å². The van der Waals surface area contributed by atoms with Crippen molar-refractivity contribution < 1.29 is 4.79 Å². The number of hydrogen-bond acceptors (Lipinski definition) is 4. The molecule has 0 aliphatic heterocycles. The van der Waals surface area contributed by atoms with Gasteiger partial charge in [0.05, 0.1) is 20.6 Å². The van der Waals surface area contributed by atoms with E-state index in [0.29, 0.717) is 13.1 Å². The molecule has 2 aromatic rings. The van der Waals surface area contributed by atoms with Gasteiger partial charge in [0.15, 0.2) is 0 Å². The fourth-order valence-corrected chi connectivity index (χ4v) is 4.04. The number of nitrogens with two attached hydrogens (primary N) is 1. The van der Waals surface area contributed by atoms with Gasteiger partial charge in [-0.1, -0.05) is 25.0 Å². The Hall–Kier alpha value is -1.17. The summed E-state index contributed by atoms with van der Waals surface area (Å²) in [4.78, 5) is 16.9. The minimum atomic E-state index is -0.312. The maximum atomic E-state index is 12.4. The number of amides is 1. The second-order valence-electron chi connectivity index (χ2n) is 5.77. The first-order valence-corrected chi connectivity index (χ1v) is 8.38. The minimum absolute atomic E-state index is 0. The van der Waals surface area contributed by atoms with Gasteiger partial charge in [-0.25, -0.2) is 4.98 Å². The monoisotopic (exact) mass is 339 g/mol. The zero-order chi connectivity index (χ0) is 14.7. The van der Waals surface area contributed by atoms with Gasteiger partial charge in [-0.05, 0) is 25.0 Å². The summed E-state index contributed by atoms with van der Waals surface area (Å²) in [6.45, 7) is 1.10. The molecule has 1 fully saturated rings. The smallest absolute Gasteiger partial charge is 0.227 e. The van der Waals surface area contributed by atoms with Crippen molar-refractivity contribution in [3.8, 4) is 0 Å². The summed E-state index contributed by atoms with van der Waals surface area (Å²) < 4.78 is 1.20. The molecule has 22 heavy (non-hydrogen) atoms. The number of aromatic nitrogens is 1. The topological polar surface area (TPSA) is 68.0 Å². The third kappa shape index (κ3) is 3.42. The predicted molar refractivity (Wildman–Crippen MR) is 93.5 cm³/mol. The standard InChI is InChI=1S/C16H21N3OS.ClH/c17-11-16(8-3-4-9-16)15(20)18-10-7-14-19-12-5-1-2-6-13(12)21-14;/h1-2,5-6H,3-4,7-11,17H2,(H,18,20);1H. The first-order chi connectivity index (χ1) is 10.2. The summed E-state index contributed by atoms with van der Waals surface area (Å²) in [5, 5.41) is 4.13. The molecule has 1 heterocycles. The van der Waals surface area contributed by atoms with Gasteiger partial charge in [0.2, 0.25) is 5.91 Å². The summed E-state index contributed by atoms with van der Waals surface area (Å²) in [6.07, 6.45) is 4.86. The molecule has 120 valence electrons. The van der Waals surface area contributed by atoms with Gasteiger partial charge in [0.25, 0.3) is 0 Å². The molecule has 0 atom stereocenters. The fourth-order valence-electron chi connectivity index (χ4n) is 3.07. The quantitative estimate of drug-likeness (QED) is 0.880. The molecule has 3 rings (SSSR count). The number of rotatable bonds is 5. The number of halogens is 1. The van der Waals surface area contributed by atoms with Crippen molar-refractivity contribution in [2.45, 2.75) is 32.1 Å². The Morgan fingerprint density at radius 1 is 1.32 bits per heavy atom. The number of fused-ring (bicyclic) bond motifs is 1. The van der Waals surface area contributed by atoms with Crippen LogP contribution in [0.5, 0.6) is 0 Å². The van der Waals surface area contributed by atoms with Gasteiger partial charge in [-0.15, -0.1) is 23.7 Å². The Bertz CT molecular complexity index is 604. The average Bonchev–Trinajstić information content (AvgIpc) is 3.14. The molecule has 0 unspecified atom stereocenters. The van der Waals surface area contributed by atoms with Gasteiger partial charge in [-0.2, -0.15) is 0 Å². The van der Waals surface area contributed by atoms with Crippen LogP contribution in [-0.4, -0.2) is 24.0 Å². The SMILES string of the molecule is Cl.NCC1(C(=O)NCCc2nc3ccccc3s2)CCCC1. The van der Waals surface area contributed by atoms with Crippen LogP contribution in [0.3, 0.4) is 0 Å². The molecule has 0 spiro atoms. The van der Waals surface area contributed by atoms with E-state index in [4.69, 9.17) is 5.73 Å². The first kappa shape index (κ1) is 17.2. The molecule has 0 saturated heterocycles. The summed E-state index contributed by atoms with van der Waals surface area (Å²) >= 11 is 1.70. The third-order valence-electron chi connectivity index (χ3n) is 4.40. The predicted octanol–water partition coefficient (Wildman–Crippen LogP) is 2.90. The summed E-state index contributed by atoms with van der Waals surface area (Å²) in [5.41, 5.74) is 6.56. The van der Waals surface area contributed by atoms with Crippen molar-refractivity contribution in [3.63, 3.8) is 0 Å². The number of carbonyl (C=O) groups excluding carboxylic acids is 1. The lowest BCUT2D eigenvalue weighted by atomic mass is 9.85. The van der Waals surface area contributed by atoms with E-state index in [1.54, 1.807) is 11.3 Å². The molecule has 1 aliphatic carbocycles. The molecule has 0 bridgehead atoms. The van der Waals surface area contributed by atoms with E-state index in [1.165, 1.54) is 4.70 Å². The van der Waals surface area contributed by atoms with Gasteiger partial charge in [0.1, 0.15) is 0 Å². The van der Waals surface area contributed by atoms with Crippen molar-refractivity contribution in [1.29, 1.82) is 0 Å². The number of nitrogens with one attached hydrogen (secondary N) is 1. The van der Waals surface area contributed by atoms with Crippen molar-refractivity contribution >= 4 is 39.9 Å². The summed E-state index contributed by atoms with van der Waals surface area (Å²) in [6, 6.07) is 8.13. The Labute approximate surface area is 140 Å². The largest absolute Gasteiger partial charge is 0.355 e. The van der Waals surface area contributed by atoms with E-state index in [1.807, 2.05) is 18.2 Å². The van der Waals surface area contributed by atoms with E-state index in [2.05, 4.69) is 16.4 Å². The van der Waals surface area contributed by atoms with Gasteiger partial charge >= 0.3 is 0 Å². The van der Waals surface area contributed by atoms with Crippen LogP contribution < -0.4 is 11.1 Å². The maximum Gasteiger partial charge on any atom is 0.227 e. The summed E-state index contributed by atoms with van der Waals surface area (Å²) in [7, 11) is 0. The third-order valence-corrected chi connectivity index (χ3v) is 5.49. The Morgan fingerprint density at radius 3 is 2.73 bits per heavy atom. The lowest BCUT2D eigenvalue weighted by Gasteiger charge is -2.25. The number of benzene rings is 1. The van der Waals surface area contributed by atoms with Crippen LogP contribution in [0, 0.1) is 5.41 Å². The number of nitrogens with zero attached hydrogens (tertiary/aromatic N) is 1. The highest BCUT2D eigenvalue weighted by atomic mass is 35.5. The molecule has 1 amide bonds. The molecule has 6 heteroatoms. The Kier molecular flexibility index (Phi) is 5.78. The van der Waals surface area contributed by atoms with Crippen molar-refractivity contribution in [1.82, 2.24) is 10.3 Å². The number of hydrogen-bond donors (Lipinski definition) is 2. The van der Waals surface area contributed by atoms with Crippen LogP contribution in [0.15, 0.2) is 24.3 Å². The van der Waals surface area contributed by atoms with E-state index in [-0.39, 0.29) is 23.7 Å². The van der Waals surface area contributed by atoms with Gasteiger partial charge in [-0.3, -0.25) is 4.79 Å². The number of thiazole rings is 1. The molecular formula is C16H22ClN3OS. The zero-order valence-electron chi connectivity index (χ0n) is 12.5. The first-order valence-electron chi connectivity index (χ1n) is 7.56. The average molecular weight is 340 g/mol. The van der Waals surface area contributed by atoms with Crippen LogP contribution in [0.2, 0.25) is 0 Å². The van der Waals surface area contributed by atoms with Gasteiger partial charge < -0.3 is 11.1 Å². The highest BCUT2D eigenvalue weighted by Gasteiger charge is 2.39. The molecule has 3 N–H and O–H groups in total. The fraction of sp³-hybridized carbons (Fsp3) is 0.500. The normalized spacial score (nSPS) is 16.4. The molecular weight excluding hydrogens is 318 g/mol. The Morgan fingerprint density at radius 2 is 2.05 bits per heavy atom. The second-order valence-corrected chi connectivity index (χ2v) is 6.89. The van der Waals surface area contributed by atoms with Crippen LogP contribution in [0.4, 0.5) is 0 Å². The van der Waals surface area contributed by atoms with E-state index < -0.39 is 0 Å². The molecule has 1 saturated carbocycles. The highest BCUT2D eigenvalue weighted by molar-refractivity contribution is 7.18. The lowest BCUT2D eigenvalue weighted by molar-refractivity contribution is -0.130. The molecule has 1 aromatic heterocycles. The number of carbonyl (C=O) groups is 1. The zero-order valence-corrected chi connectivity index (χ0v) is 14.1. The molecule has 0 radical (unpaired) electrons. The van der Waals surface area contributed by atoms with Crippen LogP contribution in [-0.2, 0) is 11.2 Å². The van der Waals surface area contributed by atoms with Crippen LogP contribution >= 0.6 is 23.7 Å². The minimum Gasteiger partial charge on any atom is -0.355 e. The molecule has 1 aliphatic rings. The summed E-state index contributed by atoms with van der Waals surface area (Å²) in [5.74, 6) is 0.128. The maximum absolute atomic E-state index is 12.4. The van der Waals surface area contributed by atoms with Crippen LogP contribution in [0.25, 0.3) is 10.2 Å². The van der Waals surface area contributed by atoms with Crippen molar-refractivity contribution in [2.24, 2.45) is 11.1 Å². The number of para-hydroxylation sites is 1. The van der Waals surface area contributed by atoms with Crippen LogP contribution in [0.1, 0.15) is 30.7 Å². The molecule has 4 nitrogen and oxygen atoms in total. The van der Waals surface area contributed by atoms with Crippen molar-refractivity contribution in [3.05, 3.63) is 29.3 Å². The van der Waals surface area contributed by atoms with Gasteiger partial charge in [0, 0.05) is 19.5 Å². The molecule has 1 aromatic carbocycles. The second kappa shape index (κ2) is 7.40. The van der Waals surface area contributed by atoms with E-state index in [0.717, 1.165) is 42.6 Å². The lowest BCUT2D eigenvalue weighted by Crippen LogP contribution is -2.44. The Balaban J connectivity index is 0.00000176. The van der Waals surface area contributed by atoms with E-state index in [9.17, 15) is 4.79 Å².